The molecule has 1 aliphatic rings. The number of nitrogens with one attached hydrogen (secondary N) is 1. The Morgan fingerprint density at radius 1 is 1.03 bits per heavy atom. The molecule has 0 spiro atoms. The van der Waals surface area contributed by atoms with Gasteiger partial charge in [-0.1, -0.05) is 6.07 Å². The first-order chi connectivity index (χ1) is 14.1. The smallest absolute Gasteiger partial charge is 0.244 e. The van der Waals surface area contributed by atoms with Crippen LogP contribution in [-0.4, -0.2) is 39.8 Å². The molecule has 0 aromatic heterocycles. The van der Waals surface area contributed by atoms with Gasteiger partial charge in [-0.3, -0.25) is 9.10 Å². The Kier molecular flexibility index (Phi) is 6.16. The highest BCUT2D eigenvalue weighted by Gasteiger charge is 2.30. The number of anilines is 1. The molecule has 30 heavy (non-hydrogen) atoms. The van der Waals surface area contributed by atoms with Crippen molar-refractivity contribution in [3.8, 4) is 11.5 Å². The molecule has 1 amide bonds. The lowest BCUT2D eigenvalue weighted by atomic mass is 10.1. The molecule has 0 bridgehead atoms. The first kappa shape index (κ1) is 21.8. The number of nitrogens with zero attached hydrogens (tertiary/aromatic N) is 1. The van der Waals surface area contributed by atoms with Crippen LogP contribution >= 0.6 is 0 Å². The number of rotatable bonds is 6. The zero-order valence-electron chi connectivity index (χ0n) is 16.7. The van der Waals surface area contributed by atoms with Gasteiger partial charge in [-0.25, -0.2) is 17.2 Å². The van der Waals surface area contributed by atoms with E-state index in [0.29, 0.717) is 24.7 Å². The van der Waals surface area contributed by atoms with Gasteiger partial charge in [0.05, 0.1) is 18.0 Å². The number of fused-ring (bicyclic) bond motifs is 1. The molecular formula is C20H22F2N2O5S. The maximum Gasteiger partial charge on any atom is 0.244 e. The number of amides is 1. The van der Waals surface area contributed by atoms with Crippen LogP contribution in [0.1, 0.15) is 25.5 Å². The van der Waals surface area contributed by atoms with Crippen LogP contribution in [0.3, 0.4) is 0 Å². The van der Waals surface area contributed by atoms with Crippen molar-refractivity contribution >= 4 is 21.6 Å². The minimum atomic E-state index is -3.96. The lowest BCUT2D eigenvalue weighted by Crippen LogP contribution is -2.48. The fourth-order valence-electron chi connectivity index (χ4n) is 3.18. The van der Waals surface area contributed by atoms with E-state index in [0.717, 1.165) is 34.3 Å². The molecule has 2 atom stereocenters. The standard InChI is InChI=1S/C20H22F2N2O5S/c1-12(14-4-7-18-19(10-14)29-9-8-28-18)23-20(25)13(2)24(30(3,26)27)15-5-6-16(21)17(22)11-15/h4-7,10-13H,8-9H2,1-3H3,(H,23,25)/t12-,13-/m0/s1. The van der Waals surface area contributed by atoms with E-state index in [4.69, 9.17) is 9.47 Å². The Labute approximate surface area is 173 Å². The summed E-state index contributed by atoms with van der Waals surface area (Å²) < 4.78 is 63.2. The molecule has 0 saturated carbocycles. The summed E-state index contributed by atoms with van der Waals surface area (Å²) in [4.78, 5) is 12.8. The van der Waals surface area contributed by atoms with Gasteiger partial charge in [0.2, 0.25) is 15.9 Å². The Hall–Kier alpha value is -2.88. The largest absolute Gasteiger partial charge is 0.486 e. The van der Waals surface area contributed by atoms with Crippen LogP contribution in [0, 0.1) is 11.6 Å². The molecule has 0 radical (unpaired) electrons. The SMILES string of the molecule is C[C@H](NC(=O)[C@H](C)N(c1ccc(F)c(F)c1)S(C)(=O)=O)c1ccc2c(c1)OCCO2. The monoisotopic (exact) mass is 440 g/mol. The van der Waals surface area contributed by atoms with Crippen LogP contribution < -0.4 is 19.1 Å². The van der Waals surface area contributed by atoms with Crippen molar-refractivity contribution in [2.75, 3.05) is 23.8 Å². The summed E-state index contributed by atoms with van der Waals surface area (Å²) in [6.07, 6.45) is 0.891. The van der Waals surface area contributed by atoms with Crippen LogP contribution in [0.15, 0.2) is 36.4 Å². The van der Waals surface area contributed by atoms with E-state index >= 15 is 0 Å². The van der Waals surface area contributed by atoms with Gasteiger partial charge in [-0.2, -0.15) is 0 Å². The van der Waals surface area contributed by atoms with Crippen LogP contribution in [0.4, 0.5) is 14.5 Å². The second-order valence-electron chi connectivity index (χ2n) is 6.97. The second-order valence-corrected chi connectivity index (χ2v) is 8.83. The Morgan fingerprint density at radius 3 is 2.33 bits per heavy atom. The molecule has 7 nitrogen and oxygen atoms in total. The fourth-order valence-corrected chi connectivity index (χ4v) is 4.34. The molecule has 0 saturated heterocycles. The van der Waals surface area contributed by atoms with Crippen molar-refractivity contribution in [3.05, 3.63) is 53.6 Å². The molecule has 1 heterocycles. The second kappa shape index (κ2) is 8.47. The lowest BCUT2D eigenvalue weighted by Gasteiger charge is -2.29. The van der Waals surface area contributed by atoms with E-state index in [2.05, 4.69) is 5.32 Å². The summed E-state index contributed by atoms with van der Waals surface area (Å²) in [7, 11) is -3.96. The highest BCUT2D eigenvalue weighted by atomic mass is 32.2. The highest BCUT2D eigenvalue weighted by Crippen LogP contribution is 2.32. The molecule has 162 valence electrons. The molecule has 3 rings (SSSR count). The van der Waals surface area contributed by atoms with Crippen molar-refractivity contribution in [2.45, 2.75) is 25.9 Å². The van der Waals surface area contributed by atoms with E-state index in [-0.39, 0.29) is 5.69 Å². The molecule has 1 N–H and O–H groups in total. The zero-order chi connectivity index (χ0) is 22.1. The van der Waals surface area contributed by atoms with Crippen LogP contribution in [0.2, 0.25) is 0 Å². The maximum absolute atomic E-state index is 13.6. The number of carbonyl (C=O) groups is 1. The van der Waals surface area contributed by atoms with Gasteiger partial charge in [0.25, 0.3) is 0 Å². The third kappa shape index (κ3) is 4.64. The first-order valence-electron chi connectivity index (χ1n) is 9.22. The van der Waals surface area contributed by atoms with Gasteiger partial charge >= 0.3 is 0 Å². The average Bonchev–Trinajstić information content (AvgIpc) is 2.69. The predicted molar refractivity (Wildman–Crippen MR) is 107 cm³/mol. The third-order valence-electron chi connectivity index (χ3n) is 4.67. The van der Waals surface area contributed by atoms with Crippen molar-refractivity contribution in [3.63, 3.8) is 0 Å². The Balaban J connectivity index is 1.80. The minimum absolute atomic E-state index is 0.147. The van der Waals surface area contributed by atoms with Crippen molar-refractivity contribution in [1.29, 1.82) is 0 Å². The van der Waals surface area contributed by atoms with Crippen molar-refractivity contribution in [1.82, 2.24) is 5.32 Å². The van der Waals surface area contributed by atoms with Crippen LogP contribution in [-0.2, 0) is 14.8 Å². The van der Waals surface area contributed by atoms with Crippen molar-refractivity contribution < 1.29 is 31.5 Å². The highest BCUT2D eigenvalue weighted by molar-refractivity contribution is 7.92. The van der Waals surface area contributed by atoms with Gasteiger partial charge in [0, 0.05) is 6.07 Å². The topological polar surface area (TPSA) is 84.9 Å². The molecule has 1 aliphatic heterocycles. The summed E-state index contributed by atoms with van der Waals surface area (Å²) in [5, 5.41) is 2.74. The number of benzene rings is 2. The van der Waals surface area contributed by atoms with Gasteiger partial charge in [-0.15, -0.1) is 0 Å². The van der Waals surface area contributed by atoms with Gasteiger partial charge in [0.15, 0.2) is 23.1 Å². The first-order valence-corrected chi connectivity index (χ1v) is 11.1. The fraction of sp³-hybridized carbons (Fsp3) is 0.350. The minimum Gasteiger partial charge on any atom is -0.486 e. The quantitative estimate of drug-likeness (QED) is 0.747. The van der Waals surface area contributed by atoms with Gasteiger partial charge in [0.1, 0.15) is 19.3 Å². The van der Waals surface area contributed by atoms with Gasteiger partial charge in [-0.05, 0) is 43.7 Å². The summed E-state index contributed by atoms with van der Waals surface area (Å²) in [6.45, 7) is 3.99. The third-order valence-corrected chi connectivity index (χ3v) is 5.91. The lowest BCUT2D eigenvalue weighted by molar-refractivity contribution is -0.122. The Morgan fingerprint density at radius 2 is 1.70 bits per heavy atom. The number of ether oxygens (including phenoxy) is 2. The summed E-state index contributed by atoms with van der Waals surface area (Å²) in [5.41, 5.74) is 0.588. The predicted octanol–water partition coefficient (Wildman–Crippen LogP) is 2.77. The van der Waals surface area contributed by atoms with E-state index in [1.807, 2.05) is 0 Å². The van der Waals surface area contributed by atoms with Crippen molar-refractivity contribution in [2.24, 2.45) is 0 Å². The average molecular weight is 440 g/mol. The number of hydrogen-bond acceptors (Lipinski definition) is 5. The number of carbonyl (C=O) groups excluding carboxylic acids is 1. The number of halogens is 2. The van der Waals surface area contributed by atoms with Crippen LogP contribution in [0.25, 0.3) is 0 Å². The molecule has 10 heteroatoms. The Bertz CT molecular complexity index is 1060. The maximum atomic E-state index is 13.6. The van der Waals surface area contributed by atoms with E-state index in [1.54, 1.807) is 25.1 Å². The molecule has 0 unspecified atom stereocenters. The summed E-state index contributed by atoms with van der Waals surface area (Å²) in [6, 6.07) is 6.23. The molecular weight excluding hydrogens is 418 g/mol. The van der Waals surface area contributed by atoms with E-state index in [1.165, 1.54) is 6.92 Å². The van der Waals surface area contributed by atoms with Gasteiger partial charge < -0.3 is 14.8 Å². The number of hydrogen-bond donors (Lipinski definition) is 1. The molecule has 0 fully saturated rings. The van der Waals surface area contributed by atoms with E-state index < -0.39 is 39.6 Å². The molecule has 2 aromatic rings. The zero-order valence-corrected chi connectivity index (χ0v) is 17.5. The number of sulfonamides is 1. The molecule has 2 aromatic carbocycles. The van der Waals surface area contributed by atoms with E-state index in [9.17, 15) is 22.0 Å². The normalized spacial score (nSPS) is 15.2. The summed E-state index contributed by atoms with van der Waals surface area (Å²) in [5.74, 6) is -1.76. The van der Waals surface area contributed by atoms with Crippen LogP contribution in [0.5, 0.6) is 11.5 Å². The molecule has 0 aliphatic carbocycles. The summed E-state index contributed by atoms with van der Waals surface area (Å²) >= 11 is 0.